The van der Waals surface area contributed by atoms with Gasteiger partial charge in [-0.05, 0) is 47.6 Å². The fourth-order valence-corrected chi connectivity index (χ4v) is 3.56. The van der Waals surface area contributed by atoms with Crippen LogP contribution in [0.3, 0.4) is 0 Å². The van der Waals surface area contributed by atoms with E-state index in [-0.39, 0.29) is 5.91 Å². The average Bonchev–Trinajstić information content (AvgIpc) is 3.47. The van der Waals surface area contributed by atoms with Gasteiger partial charge in [-0.15, -0.1) is 0 Å². The molecule has 4 rings (SSSR count). The summed E-state index contributed by atoms with van der Waals surface area (Å²) in [6.45, 7) is 1.69. The van der Waals surface area contributed by atoms with Gasteiger partial charge in [0.05, 0.1) is 13.4 Å². The van der Waals surface area contributed by atoms with Gasteiger partial charge in [-0.25, -0.2) is 4.98 Å². The first kappa shape index (κ1) is 21.5. The van der Waals surface area contributed by atoms with Crippen molar-refractivity contribution in [2.45, 2.75) is 26.1 Å². The summed E-state index contributed by atoms with van der Waals surface area (Å²) in [6, 6.07) is 15.7. The Bertz CT molecular complexity index is 1210. The Balaban J connectivity index is 1.30. The summed E-state index contributed by atoms with van der Waals surface area (Å²) in [7, 11) is 1.62. The normalized spacial score (nSPS) is 10.8. The van der Waals surface area contributed by atoms with Crippen LogP contribution in [0.5, 0.6) is 5.75 Å². The summed E-state index contributed by atoms with van der Waals surface area (Å²) >= 11 is 5.35. The molecule has 8 nitrogen and oxygen atoms in total. The Morgan fingerprint density at radius 1 is 1.12 bits per heavy atom. The number of carbonyl (C=O) groups is 1. The van der Waals surface area contributed by atoms with Crippen molar-refractivity contribution >= 4 is 18.1 Å². The van der Waals surface area contributed by atoms with Crippen molar-refractivity contribution in [2.24, 2.45) is 0 Å². The molecule has 2 N–H and O–H groups in total. The molecule has 1 amide bonds. The van der Waals surface area contributed by atoms with Crippen LogP contribution in [0.2, 0.25) is 0 Å². The van der Waals surface area contributed by atoms with Crippen LogP contribution >= 0.6 is 12.2 Å². The maximum atomic E-state index is 12.4. The predicted octanol–water partition coefficient (Wildman–Crippen LogP) is 3.57. The fraction of sp³-hybridized carbons (Fsp3) is 0.217. The number of amides is 1. The number of rotatable bonds is 9. The van der Waals surface area contributed by atoms with Gasteiger partial charge in [0.25, 0.3) is 0 Å². The first-order valence-electron chi connectivity index (χ1n) is 10.2. The Hall–Kier alpha value is -3.72. The van der Waals surface area contributed by atoms with Crippen molar-refractivity contribution in [3.05, 3.63) is 83.1 Å². The number of hydrogen-bond acceptors (Lipinski definition) is 5. The maximum Gasteiger partial charge on any atom is 0.222 e. The lowest BCUT2D eigenvalue weighted by Crippen LogP contribution is -2.24. The quantitative estimate of drug-likeness (QED) is 0.382. The molecule has 0 saturated heterocycles. The van der Waals surface area contributed by atoms with Crippen LogP contribution in [0.25, 0.3) is 11.4 Å². The summed E-state index contributed by atoms with van der Waals surface area (Å²) < 4.78 is 9.53. The molecule has 2 heterocycles. The fourth-order valence-electron chi connectivity index (χ4n) is 3.34. The molecule has 0 spiro atoms. The first-order chi connectivity index (χ1) is 15.6. The molecule has 0 fully saturated rings. The molecule has 32 heavy (non-hydrogen) atoms. The molecule has 0 atom stereocenters. The maximum absolute atomic E-state index is 12.4. The number of H-pyrrole nitrogens is 1. The van der Waals surface area contributed by atoms with Crippen molar-refractivity contribution in [1.82, 2.24) is 29.6 Å². The second-order valence-corrected chi connectivity index (χ2v) is 7.70. The van der Waals surface area contributed by atoms with Crippen LogP contribution < -0.4 is 10.1 Å². The van der Waals surface area contributed by atoms with E-state index in [4.69, 9.17) is 17.0 Å². The molecule has 2 aromatic heterocycles. The molecule has 0 aliphatic rings. The van der Waals surface area contributed by atoms with Gasteiger partial charge in [-0.3, -0.25) is 14.5 Å². The van der Waals surface area contributed by atoms with Crippen molar-refractivity contribution in [2.75, 3.05) is 7.11 Å². The Morgan fingerprint density at radius 3 is 2.56 bits per heavy atom. The molecule has 0 aliphatic heterocycles. The first-order valence-corrected chi connectivity index (χ1v) is 10.6. The van der Waals surface area contributed by atoms with Gasteiger partial charge in [0.1, 0.15) is 5.75 Å². The van der Waals surface area contributed by atoms with Gasteiger partial charge in [0.2, 0.25) is 5.91 Å². The standard InChI is InChI=1S/C23H24N6O2S/c1-31-20-8-6-19(7-9-20)22-26-27-23(32)29(22)12-10-21(30)25-14-17-2-4-18(5-3-17)15-28-13-11-24-16-28/h2-9,11,13,16H,10,12,14-15H2,1H3,(H,25,30)(H,27,32). The highest BCUT2D eigenvalue weighted by Gasteiger charge is 2.11. The molecule has 2 aromatic carbocycles. The third kappa shape index (κ3) is 5.30. The molecule has 164 valence electrons. The van der Waals surface area contributed by atoms with E-state index < -0.39 is 0 Å². The van der Waals surface area contributed by atoms with Gasteiger partial charge in [-0.1, -0.05) is 24.3 Å². The number of ether oxygens (including phenoxy) is 1. The smallest absolute Gasteiger partial charge is 0.222 e. The number of aromatic amines is 1. The number of imidazole rings is 1. The molecular formula is C23H24N6O2S. The number of nitrogens with zero attached hydrogens (tertiary/aromatic N) is 4. The second kappa shape index (κ2) is 10.1. The third-order valence-electron chi connectivity index (χ3n) is 5.11. The minimum absolute atomic E-state index is 0.0451. The largest absolute Gasteiger partial charge is 0.497 e. The summed E-state index contributed by atoms with van der Waals surface area (Å²) in [5.41, 5.74) is 3.12. The highest BCUT2D eigenvalue weighted by Crippen LogP contribution is 2.21. The van der Waals surface area contributed by atoms with Crippen molar-refractivity contribution in [3.8, 4) is 17.1 Å². The van der Waals surface area contributed by atoms with Crippen LogP contribution in [-0.4, -0.2) is 37.3 Å². The van der Waals surface area contributed by atoms with Crippen molar-refractivity contribution in [1.29, 1.82) is 0 Å². The number of nitrogens with one attached hydrogen (secondary N) is 2. The highest BCUT2D eigenvalue weighted by molar-refractivity contribution is 7.71. The zero-order valence-electron chi connectivity index (χ0n) is 17.7. The summed E-state index contributed by atoms with van der Waals surface area (Å²) in [5.74, 6) is 1.42. The number of carbonyl (C=O) groups excluding carboxylic acids is 1. The third-order valence-corrected chi connectivity index (χ3v) is 5.42. The zero-order chi connectivity index (χ0) is 22.3. The topological polar surface area (TPSA) is 89.8 Å². The van der Waals surface area contributed by atoms with E-state index in [0.29, 0.717) is 30.1 Å². The molecule has 0 bridgehead atoms. The van der Waals surface area contributed by atoms with E-state index >= 15 is 0 Å². The Labute approximate surface area is 190 Å². The summed E-state index contributed by atoms with van der Waals surface area (Å²) in [6.07, 6.45) is 5.79. The van der Waals surface area contributed by atoms with Gasteiger partial charge in [-0.2, -0.15) is 5.10 Å². The molecule has 0 saturated carbocycles. The molecule has 9 heteroatoms. The number of benzene rings is 2. The van der Waals surface area contributed by atoms with Crippen LogP contribution in [0.4, 0.5) is 0 Å². The van der Waals surface area contributed by atoms with E-state index in [0.717, 1.165) is 23.4 Å². The minimum Gasteiger partial charge on any atom is -0.497 e. The molecular weight excluding hydrogens is 424 g/mol. The lowest BCUT2D eigenvalue weighted by atomic mass is 10.1. The van der Waals surface area contributed by atoms with Gasteiger partial charge < -0.3 is 14.6 Å². The minimum atomic E-state index is -0.0451. The zero-order valence-corrected chi connectivity index (χ0v) is 18.5. The lowest BCUT2D eigenvalue weighted by Gasteiger charge is -2.09. The Kier molecular flexibility index (Phi) is 6.76. The molecule has 0 radical (unpaired) electrons. The van der Waals surface area contributed by atoms with E-state index in [9.17, 15) is 4.79 Å². The highest BCUT2D eigenvalue weighted by atomic mass is 32.1. The number of aromatic nitrogens is 5. The SMILES string of the molecule is COc1ccc(-c2n[nH]c(=S)n2CCC(=O)NCc2ccc(Cn3ccnc3)cc2)cc1. The lowest BCUT2D eigenvalue weighted by molar-refractivity contribution is -0.121. The monoisotopic (exact) mass is 448 g/mol. The Morgan fingerprint density at radius 2 is 1.88 bits per heavy atom. The summed E-state index contributed by atoms with van der Waals surface area (Å²) in [4.78, 5) is 16.5. The van der Waals surface area contributed by atoms with E-state index in [1.54, 1.807) is 19.6 Å². The summed E-state index contributed by atoms with van der Waals surface area (Å²) in [5, 5.41) is 10.1. The average molecular weight is 449 g/mol. The molecule has 4 aromatic rings. The number of methoxy groups -OCH3 is 1. The van der Waals surface area contributed by atoms with Gasteiger partial charge in [0, 0.05) is 44.0 Å². The molecule has 0 aliphatic carbocycles. The van der Waals surface area contributed by atoms with E-state index in [1.165, 1.54) is 5.56 Å². The van der Waals surface area contributed by atoms with Crippen LogP contribution in [0.15, 0.2) is 67.3 Å². The van der Waals surface area contributed by atoms with Crippen LogP contribution in [-0.2, 0) is 24.4 Å². The van der Waals surface area contributed by atoms with Gasteiger partial charge >= 0.3 is 0 Å². The number of hydrogen-bond donors (Lipinski definition) is 2. The van der Waals surface area contributed by atoms with Crippen molar-refractivity contribution < 1.29 is 9.53 Å². The molecule has 0 unspecified atom stereocenters. The second-order valence-electron chi connectivity index (χ2n) is 7.31. The van der Waals surface area contributed by atoms with Crippen LogP contribution in [0, 0.1) is 4.77 Å². The van der Waals surface area contributed by atoms with E-state index in [2.05, 4.69) is 32.6 Å². The van der Waals surface area contributed by atoms with E-state index in [1.807, 2.05) is 51.7 Å². The van der Waals surface area contributed by atoms with Gasteiger partial charge in [0.15, 0.2) is 10.6 Å². The van der Waals surface area contributed by atoms with Crippen molar-refractivity contribution in [3.63, 3.8) is 0 Å². The van der Waals surface area contributed by atoms with Crippen LogP contribution in [0.1, 0.15) is 17.5 Å². The predicted molar refractivity (Wildman–Crippen MR) is 124 cm³/mol.